The molecule has 0 spiro atoms. The molecule has 2 aromatic rings. The normalized spacial score (nSPS) is 16.0. The third kappa shape index (κ3) is 4.62. The van der Waals surface area contributed by atoms with Crippen LogP contribution in [0.2, 0.25) is 0 Å². The van der Waals surface area contributed by atoms with Gasteiger partial charge in [0.05, 0.1) is 19.3 Å². The molecule has 1 fully saturated rings. The molecule has 0 bridgehead atoms. The van der Waals surface area contributed by atoms with Crippen molar-refractivity contribution in [1.29, 1.82) is 0 Å². The van der Waals surface area contributed by atoms with E-state index < -0.39 is 6.10 Å². The maximum absolute atomic E-state index is 10.1. The number of benzene rings is 1. The summed E-state index contributed by atoms with van der Waals surface area (Å²) in [6.45, 7) is 5.30. The van der Waals surface area contributed by atoms with Gasteiger partial charge in [-0.15, -0.1) is 0 Å². The minimum absolute atomic E-state index is 0.418. The first-order valence-electron chi connectivity index (χ1n) is 9.67. The Morgan fingerprint density at radius 2 is 1.88 bits per heavy atom. The lowest BCUT2D eigenvalue weighted by Gasteiger charge is -2.28. The van der Waals surface area contributed by atoms with Crippen molar-refractivity contribution in [3.63, 3.8) is 0 Å². The van der Waals surface area contributed by atoms with E-state index in [0.717, 1.165) is 30.3 Å². The number of ether oxygens (including phenoxy) is 1. The number of aromatic nitrogens is 3. The van der Waals surface area contributed by atoms with Gasteiger partial charge in [0, 0.05) is 37.9 Å². The molecule has 1 unspecified atom stereocenters. The smallest absolute Gasteiger partial charge is 0.158 e. The van der Waals surface area contributed by atoms with Crippen molar-refractivity contribution >= 4 is 5.69 Å². The number of methoxy groups -OCH3 is 1. The number of nitrogens with zero attached hydrogens (tertiary/aromatic N) is 4. The molecule has 1 aliphatic heterocycles. The second-order valence-electron chi connectivity index (χ2n) is 6.93. The van der Waals surface area contributed by atoms with Gasteiger partial charge in [0.2, 0.25) is 0 Å². The van der Waals surface area contributed by atoms with E-state index in [0.29, 0.717) is 26.0 Å². The fourth-order valence-corrected chi connectivity index (χ4v) is 3.33. The molecule has 2 heterocycles. The van der Waals surface area contributed by atoms with Crippen LogP contribution in [-0.2, 0) is 17.7 Å². The van der Waals surface area contributed by atoms with Gasteiger partial charge in [-0.1, -0.05) is 6.92 Å². The summed E-state index contributed by atoms with van der Waals surface area (Å²) in [6, 6.07) is 8.57. The van der Waals surface area contributed by atoms with E-state index in [1.54, 1.807) is 7.11 Å². The minimum Gasteiger partial charge on any atom is -0.391 e. The average Bonchev–Trinajstić information content (AvgIpc) is 3.09. The molecule has 26 heavy (non-hydrogen) atoms. The third-order valence-corrected chi connectivity index (χ3v) is 4.95. The Balaban J connectivity index is 1.82. The molecule has 142 valence electrons. The number of rotatable bonds is 8. The van der Waals surface area contributed by atoms with Crippen LogP contribution in [0.3, 0.4) is 0 Å². The number of piperidine rings is 1. The zero-order valence-corrected chi connectivity index (χ0v) is 15.9. The Morgan fingerprint density at radius 1 is 1.15 bits per heavy atom. The van der Waals surface area contributed by atoms with Crippen LogP contribution >= 0.6 is 0 Å². The second-order valence-corrected chi connectivity index (χ2v) is 6.93. The van der Waals surface area contributed by atoms with E-state index in [1.165, 1.54) is 24.9 Å². The average molecular weight is 358 g/mol. The van der Waals surface area contributed by atoms with Crippen LogP contribution < -0.4 is 4.90 Å². The highest BCUT2D eigenvalue weighted by atomic mass is 16.5. The first-order chi connectivity index (χ1) is 12.7. The lowest BCUT2D eigenvalue weighted by atomic mass is 10.1. The van der Waals surface area contributed by atoms with E-state index in [4.69, 9.17) is 9.72 Å². The summed E-state index contributed by atoms with van der Waals surface area (Å²) in [6.07, 6.45) is 4.83. The quantitative estimate of drug-likeness (QED) is 0.786. The monoisotopic (exact) mass is 358 g/mol. The van der Waals surface area contributed by atoms with E-state index in [1.807, 2.05) is 11.6 Å². The second kappa shape index (κ2) is 9.14. The molecule has 1 aromatic heterocycles. The number of aliphatic hydroxyl groups excluding tert-OH is 1. The standard InChI is InChI=1S/C20H30N4O2/c1-3-18(25)15-24-20(21-19(22-24)11-14-26-2)16-7-9-17(10-8-16)23-12-5-4-6-13-23/h7-10,18,25H,3-6,11-15H2,1-2H3. The SMILES string of the molecule is CCC(O)Cn1nc(CCOC)nc1-c1ccc(N2CCCCC2)cc1. The summed E-state index contributed by atoms with van der Waals surface area (Å²) in [5.74, 6) is 1.57. The van der Waals surface area contributed by atoms with Gasteiger partial charge >= 0.3 is 0 Å². The first-order valence-corrected chi connectivity index (χ1v) is 9.67. The van der Waals surface area contributed by atoms with Crippen molar-refractivity contribution in [2.75, 3.05) is 31.7 Å². The minimum atomic E-state index is -0.418. The molecule has 0 radical (unpaired) electrons. The summed E-state index contributed by atoms with van der Waals surface area (Å²) >= 11 is 0. The Kier molecular flexibility index (Phi) is 6.63. The van der Waals surface area contributed by atoms with Crippen molar-refractivity contribution in [3.05, 3.63) is 30.1 Å². The third-order valence-electron chi connectivity index (χ3n) is 4.95. The molecule has 6 nitrogen and oxygen atoms in total. The summed E-state index contributed by atoms with van der Waals surface area (Å²) in [7, 11) is 1.68. The highest BCUT2D eigenvalue weighted by molar-refractivity contribution is 5.61. The molecule has 0 aliphatic carbocycles. The van der Waals surface area contributed by atoms with Gasteiger partial charge < -0.3 is 14.7 Å². The van der Waals surface area contributed by atoms with E-state index >= 15 is 0 Å². The van der Waals surface area contributed by atoms with Gasteiger partial charge in [-0.05, 0) is 49.9 Å². The topological polar surface area (TPSA) is 63.4 Å². The van der Waals surface area contributed by atoms with Crippen LogP contribution in [0.15, 0.2) is 24.3 Å². The van der Waals surface area contributed by atoms with E-state index in [2.05, 4.69) is 34.3 Å². The number of hydrogen-bond donors (Lipinski definition) is 1. The summed E-state index contributed by atoms with van der Waals surface area (Å²) in [5.41, 5.74) is 2.30. The lowest BCUT2D eigenvalue weighted by molar-refractivity contribution is 0.145. The molecule has 0 amide bonds. The molecule has 0 saturated carbocycles. The molecule has 1 saturated heterocycles. The molecule has 1 atom stereocenters. The highest BCUT2D eigenvalue weighted by Gasteiger charge is 2.16. The van der Waals surface area contributed by atoms with Crippen molar-refractivity contribution in [2.24, 2.45) is 0 Å². The zero-order chi connectivity index (χ0) is 18.4. The first kappa shape index (κ1) is 18.9. The van der Waals surface area contributed by atoms with Gasteiger partial charge in [0.15, 0.2) is 11.6 Å². The predicted molar refractivity (Wildman–Crippen MR) is 103 cm³/mol. The largest absolute Gasteiger partial charge is 0.391 e. The van der Waals surface area contributed by atoms with E-state index in [9.17, 15) is 5.11 Å². The molecule has 3 rings (SSSR count). The number of anilines is 1. The molecular formula is C20H30N4O2. The summed E-state index contributed by atoms with van der Waals surface area (Å²) in [5, 5.41) is 14.6. The fraction of sp³-hybridized carbons (Fsp3) is 0.600. The molecule has 1 aliphatic rings. The van der Waals surface area contributed by atoms with Crippen molar-refractivity contribution in [1.82, 2.24) is 14.8 Å². The van der Waals surface area contributed by atoms with Crippen molar-refractivity contribution in [3.8, 4) is 11.4 Å². The van der Waals surface area contributed by atoms with E-state index in [-0.39, 0.29) is 0 Å². The Hall–Kier alpha value is -1.92. The Bertz CT molecular complexity index is 678. The highest BCUT2D eigenvalue weighted by Crippen LogP contribution is 2.25. The van der Waals surface area contributed by atoms with Crippen LogP contribution in [0.5, 0.6) is 0 Å². The Morgan fingerprint density at radius 3 is 2.54 bits per heavy atom. The predicted octanol–water partition coefficient (Wildman–Crippen LogP) is 2.90. The van der Waals surface area contributed by atoms with Crippen LogP contribution in [0.4, 0.5) is 5.69 Å². The maximum Gasteiger partial charge on any atom is 0.158 e. The van der Waals surface area contributed by atoms with Crippen LogP contribution in [0.25, 0.3) is 11.4 Å². The van der Waals surface area contributed by atoms with Gasteiger partial charge in [0.1, 0.15) is 0 Å². The van der Waals surface area contributed by atoms with Gasteiger partial charge in [-0.3, -0.25) is 0 Å². The van der Waals surface area contributed by atoms with Crippen LogP contribution in [-0.4, -0.2) is 52.8 Å². The van der Waals surface area contributed by atoms with Crippen LogP contribution in [0, 0.1) is 0 Å². The lowest BCUT2D eigenvalue weighted by Crippen LogP contribution is -2.29. The van der Waals surface area contributed by atoms with Crippen LogP contribution in [0.1, 0.15) is 38.4 Å². The molecule has 1 N–H and O–H groups in total. The molecule has 6 heteroatoms. The Labute approximate surface area is 155 Å². The van der Waals surface area contributed by atoms with Gasteiger partial charge in [-0.25, -0.2) is 9.67 Å². The van der Waals surface area contributed by atoms with Crippen molar-refractivity contribution in [2.45, 2.75) is 51.7 Å². The van der Waals surface area contributed by atoms with Gasteiger partial charge in [0.25, 0.3) is 0 Å². The molecular weight excluding hydrogens is 328 g/mol. The maximum atomic E-state index is 10.1. The van der Waals surface area contributed by atoms with Crippen molar-refractivity contribution < 1.29 is 9.84 Å². The summed E-state index contributed by atoms with van der Waals surface area (Å²) < 4.78 is 6.97. The summed E-state index contributed by atoms with van der Waals surface area (Å²) in [4.78, 5) is 7.14. The fourth-order valence-electron chi connectivity index (χ4n) is 3.33. The zero-order valence-electron chi connectivity index (χ0n) is 15.9. The van der Waals surface area contributed by atoms with Gasteiger partial charge in [-0.2, -0.15) is 5.10 Å². The molecule has 1 aromatic carbocycles. The number of hydrogen-bond acceptors (Lipinski definition) is 5. The number of aliphatic hydroxyl groups is 1.